The minimum atomic E-state index is -3.84. The highest BCUT2D eigenvalue weighted by Gasteiger charge is 2.29. The molecule has 2 aliphatic rings. The van der Waals surface area contributed by atoms with Gasteiger partial charge >= 0.3 is 0 Å². The van der Waals surface area contributed by atoms with Gasteiger partial charge in [-0.25, -0.2) is 22.4 Å². The Labute approximate surface area is 238 Å². The van der Waals surface area contributed by atoms with E-state index in [1.54, 1.807) is 48.8 Å². The molecule has 11 heteroatoms. The average Bonchev–Trinajstić information content (AvgIpc) is 3.56. The summed E-state index contributed by atoms with van der Waals surface area (Å²) in [7, 11) is -3.84. The Morgan fingerprint density at radius 3 is 2.55 bits per heavy atom. The van der Waals surface area contributed by atoms with Gasteiger partial charge in [-0.1, -0.05) is 18.2 Å². The van der Waals surface area contributed by atoms with Crippen LogP contribution in [0.3, 0.4) is 0 Å². The van der Waals surface area contributed by atoms with Crippen molar-refractivity contribution in [2.24, 2.45) is 5.92 Å². The number of thioether (sulfide) groups is 1. The standard InChI is InChI=1S/C29H32N6O3S2/c30-14-10-20-6-8-22(9-7-20)35-26(18-27(36)32-21-12-16-39-17-13-21)33-25-19-31-29-24(28(25)35)11-15-34(29)40(37,38)23-4-2-1-3-5-23/h1-5,11,15,19-22H,6-10,12-13,16-18H2,(H,32,36)/t20-,22-. The van der Waals surface area contributed by atoms with Crippen LogP contribution in [0.5, 0.6) is 0 Å². The third-order valence-corrected chi connectivity index (χ3v) is 10.9. The lowest BCUT2D eigenvalue weighted by molar-refractivity contribution is -0.121. The largest absolute Gasteiger partial charge is 0.353 e. The number of nitriles is 1. The molecule has 1 aromatic carbocycles. The quantitative estimate of drug-likeness (QED) is 0.335. The van der Waals surface area contributed by atoms with E-state index < -0.39 is 10.0 Å². The van der Waals surface area contributed by atoms with E-state index in [-0.39, 0.29) is 29.3 Å². The Balaban J connectivity index is 1.42. The monoisotopic (exact) mass is 576 g/mol. The molecule has 1 saturated carbocycles. The molecule has 9 nitrogen and oxygen atoms in total. The summed E-state index contributed by atoms with van der Waals surface area (Å²) in [5, 5.41) is 13.1. The first-order valence-corrected chi connectivity index (χ1v) is 16.5. The molecule has 2 fully saturated rings. The predicted molar refractivity (Wildman–Crippen MR) is 155 cm³/mol. The van der Waals surface area contributed by atoms with E-state index in [0.29, 0.717) is 34.7 Å². The molecule has 0 unspecified atom stereocenters. The van der Waals surface area contributed by atoms with Crippen LogP contribution in [0.4, 0.5) is 0 Å². The van der Waals surface area contributed by atoms with Gasteiger partial charge < -0.3 is 9.88 Å². The van der Waals surface area contributed by atoms with Crippen molar-refractivity contribution in [2.75, 3.05) is 11.5 Å². The van der Waals surface area contributed by atoms with Gasteiger partial charge in [0.2, 0.25) is 5.91 Å². The van der Waals surface area contributed by atoms with E-state index >= 15 is 0 Å². The third-order valence-electron chi connectivity index (χ3n) is 8.17. The minimum absolute atomic E-state index is 0.0416. The van der Waals surface area contributed by atoms with Crippen molar-refractivity contribution in [3.8, 4) is 6.07 Å². The molecule has 6 rings (SSSR count). The van der Waals surface area contributed by atoms with Gasteiger partial charge in [0.25, 0.3) is 10.0 Å². The van der Waals surface area contributed by atoms with Crippen LogP contribution in [0.1, 0.15) is 56.8 Å². The van der Waals surface area contributed by atoms with Crippen molar-refractivity contribution in [1.29, 1.82) is 5.26 Å². The van der Waals surface area contributed by atoms with E-state index in [9.17, 15) is 18.5 Å². The number of rotatable bonds is 7. The molecule has 1 N–H and O–H groups in total. The lowest BCUT2D eigenvalue weighted by Gasteiger charge is -2.30. The molecule has 0 bridgehead atoms. The van der Waals surface area contributed by atoms with Crippen LogP contribution in [0, 0.1) is 17.2 Å². The molecule has 0 radical (unpaired) electrons. The van der Waals surface area contributed by atoms with Crippen molar-refractivity contribution in [3.63, 3.8) is 0 Å². The molecule has 3 aromatic heterocycles. The number of carbonyl (C=O) groups is 1. The average molecular weight is 577 g/mol. The Morgan fingerprint density at radius 1 is 1.07 bits per heavy atom. The van der Waals surface area contributed by atoms with Gasteiger partial charge in [-0.15, -0.1) is 0 Å². The first-order chi connectivity index (χ1) is 19.5. The van der Waals surface area contributed by atoms with Crippen LogP contribution >= 0.6 is 11.8 Å². The predicted octanol–water partition coefficient (Wildman–Crippen LogP) is 4.82. The minimum Gasteiger partial charge on any atom is -0.353 e. The smallest absolute Gasteiger partial charge is 0.269 e. The zero-order valence-corrected chi connectivity index (χ0v) is 23.8. The number of benzene rings is 1. The number of nitrogens with zero attached hydrogens (tertiary/aromatic N) is 5. The lowest BCUT2D eigenvalue weighted by atomic mass is 9.84. The maximum absolute atomic E-state index is 13.5. The summed E-state index contributed by atoms with van der Waals surface area (Å²) in [6.45, 7) is 0. The van der Waals surface area contributed by atoms with E-state index in [0.717, 1.165) is 55.5 Å². The van der Waals surface area contributed by atoms with Crippen molar-refractivity contribution in [2.45, 2.75) is 68.3 Å². The first kappa shape index (κ1) is 26.8. The van der Waals surface area contributed by atoms with Crippen LogP contribution < -0.4 is 5.32 Å². The second-order valence-corrected chi connectivity index (χ2v) is 13.8. The number of hydrogen-bond donors (Lipinski definition) is 1. The van der Waals surface area contributed by atoms with Gasteiger partial charge in [-0.2, -0.15) is 17.0 Å². The Kier molecular flexibility index (Phi) is 7.55. The molecule has 0 spiro atoms. The van der Waals surface area contributed by atoms with Crippen molar-refractivity contribution in [1.82, 2.24) is 23.8 Å². The molecule has 1 saturated heterocycles. The summed E-state index contributed by atoms with van der Waals surface area (Å²) in [5.74, 6) is 3.13. The highest BCUT2D eigenvalue weighted by molar-refractivity contribution is 7.99. The topological polar surface area (TPSA) is 123 Å². The van der Waals surface area contributed by atoms with Gasteiger partial charge in [-0.05, 0) is 74.1 Å². The molecule has 40 heavy (non-hydrogen) atoms. The molecule has 4 aromatic rings. The highest BCUT2D eigenvalue weighted by Crippen LogP contribution is 2.38. The van der Waals surface area contributed by atoms with E-state index in [4.69, 9.17) is 4.98 Å². The van der Waals surface area contributed by atoms with Gasteiger partial charge in [0, 0.05) is 30.1 Å². The SMILES string of the molecule is N#CC[C@H]1CC[C@H](n2c(CC(=O)NC3CCSCC3)nc3cnc4c(ccn4S(=O)(=O)c4ccccc4)c32)CC1. The molecule has 1 aliphatic carbocycles. The van der Waals surface area contributed by atoms with Crippen LogP contribution in [0.15, 0.2) is 53.7 Å². The number of imidazole rings is 1. The summed E-state index contributed by atoms with van der Waals surface area (Å²) >= 11 is 1.92. The Morgan fingerprint density at radius 2 is 1.82 bits per heavy atom. The number of pyridine rings is 1. The maximum Gasteiger partial charge on any atom is 0.269 e. The van der Waals surface area contributed by atoms with E-state index in [2.05, 4.69) is 20.9 Å². The van der Waals surface area contributed by atoms with Gasteiger partial charge in [-0.3, -0.25) is 4.79 Å². The zero-order valence-electron chi connectivity index (χ0n) is 22.2. The molecular formula is C29H32N6O3S2. The van der Waals surface area contributed by atoms with Crippen LogP contribution in [-0.2, 0) is 21.2 Å². The normalized spacial score (nSPS) is 20.5. The van der Waals surface area contributed by atoms with Gasteiger partial charge in [0.15, 0.2) is 5.65 Å². The second kappa shape index (κ2) is 11.3. The fourth-order valence-corrected chi connectivity index (χ4v) is 8.54. The summed E-state index contributed by atoms with van der Waals surface area (Å²) in [6, 6.07) is 12.7. The third kappa shape index (κ3) is 5.10. The molecule has 1 amide bonds. The molecular weight excluding hydrogens is 544 g/mol. The van der Waals surface area contributed by atoms with Gasteiger partial charge in [0.05, 0.1) is 29.1 Å². The number of carbonyl (C=O) groups excluding carboxylic acids is 1. The second-order valence-electron chi connectivity index (χ2n) is 10.7. The van der Waals surface area contributed by atoms with E-state index in [1.165, 1.54) is 3.97 Å². The number of nitrogens with one attached hydrogen (secondary N) is 1. The van der Waals surface area contributed by atoms with Crippen molar-refractivity contribution < 1.29 is 13.2 Å². The molecule has 208 valence electrons. The number of aromatic nitrogens is 4. The van der Waals surface area contributed by atoms with Crippen molar-refractivity contribution in [3.05, 3.63) is 54.6 Å². The van der Waals surface area contributed by atoms with Gasteiger partial charge in [0.1, 0.15) is 11.3 Å². The first-order valence-electron chi connectivity index (χ1n) is 13.9. The highest BCUT2D eigenvalue weighted by atomic mass is 32.2. The number of amides is 1. The fraction of sp³-hybridized carbons (Fsp3) is 0.448. The van der Waals surface area contributed by atoms with Crippen LogP contribution in [-0.4, -0.2) is 50.4 Å². The van der Waals surface area contributed by atoms with E-state index in [1.807, 2.05) is 11.8 Å². The summed E-state index contributed by atoms with van der Waals surface area (Å²) in [4.78, 5) is 22.8. The number of hydrogen-bond acceptors (Lipinski definition) is 7. The summed E-state index contributed by atoms with van der Waals surface area (Å²) < 4.78 is 30.4. The molecule has 0 atom stereocenters. The fourth-order valence-electron chi connectivity index (χ4n) is 6.11. The lowest BCUT2D eigenvalue weighted by Crippen LogP contribution is -2.38. The summed E-state index contributed by atoms with van der Waals surface area (Å²) in [6.07, 6.45) is 9.44. The van der Waals surface area contributed by atoms with Crippen LogP contribution in [0.25, 0.3) is 22.1 Å². The van der Waals surface area contributed by atoms with Crippen LogP contribution in [0.2, 0.25) is 0 Å². The molecule has 4 heterocycles. The Bertz CT molecular complexity index is 1680. The molecule has 1 aliphatic heterocycles. The maximum atomic E-state index is 13.5. The van der Waals surface area contributed by atoms with Crippen molar-refractivity contribution >= 4 is 49.8 Å². The Hall–Kier alpha value is -3.36. The number of fused-ring (bicyclic) bond motifs is 3. The summed E-state index contributed by atoms with van der Waals surface area (Å²) in [5.41, 5.74) is 1.80. The zero-order chi connectivity index (χ0) is 27.7.